The topological polar surface area (TPSA) is 71.8 Å². The summed E-state index contributed by atoms with van der Waals surface area (Å²) in [6.07, 6.45) is 3.90. The highest BCUT2D eigenvalue weighted by atomic mass is 16.2. The first-order valence-electron chi connectivity index (χ1n) is 7.85. The Morgan fingerprint density at radius 2 is 1.76 bits per heavy atom. The molecule has 0 radical (unpaired) electrons. The third-order valence-electron chi connectivity index (χ3n) is 4.19. The van der Waals surface area contributed by atoms with Crippen LogP contribution in [-0.2, 0) is 7.05 Å². The summed E-state index contributed by atoms with van der Waals surface area (Å²) in [7, 11) is 1.70. The van der Waals surface area contributed by atoms with Gasteiger partial charge in [0.25, 0.3) is 5.91 Å². The molecular weight excluding hydrogens is 316 g/mol. The molecule has 124 valence electrons. The van der Waals surface area contributed by atoms with Crippen molar-refractivity contribution in [3.05, 3.63) is 83.0 Å². The van der Waals surface area contributed by atoms with Gasteiger partial charge >= 0.3 is 5.69 Å². The Labute approximate surface area is 143 Å². The fourth-order valence-electron chi connectivity index (χ4n) is 2.81. The zero-order valence-corrected chi connectivity index (χ0v) is 13.6. The van der Waals surface area contributed by atoms with Crippen LogP contribution in [0.15, 0.2) is 71.8 Å². The molecule has 2 heterocycles. The number of H-pyrrole nitrogens is 1. The molecule has 0 aliphatic rings. The summed E-state index contributed by atoms with van der Waals surface area (Å²) in [6.45, 7) is 0. The van der Waals surface area contributed by atoms with Crippen LogP contribution in [0.1, 0.15) is 10.4 Å². The van der Waals surface area contributed by atoms with E-state index in [-0.39, 0.29) is 11.6 Å². The van der Waals surface area contributed by atoms with Gasteiger partial charge in [-0.05, 0) is 54.6 Å². The van der Waals surface area contributed by atoms with Crippen LogP contribution >= 0.6 is 0 Å². The fraction of sp³-hybridized carbons (Fsp3) is 0.0526. The van der Waals surface area contributed by atoms with Gasteiger partial charge in [0.2, 0.25) is 0 Å². The average molecular weight is 332 g/mol. The maximum atomic E-state index is 12.4. The van der Waals surface area contributed by atoms with Gasteiger partial charge in [0.1, 0.15) is 0 Å². The molecule has 0 aliphatic heterocycles. The number of hydrogen-bond acceptors (Lipinski definition) is 2. The van der Waals surface area contributed by atoms with Gasteiger partial charge in [0, 0.05) is 36.4 Å². The summed E-state index contributed by atoms with van der Waals surface area (Å²) in [4.78, 5) is 26.8. The molecule has 25 heavy (non-hydrogen) atoms. The zero-order chi connectivity index (χ0) is 17.4. The number of amides is 1. The molecule has 1 amide bonds. The van der Waals surface area contributed by atoms with E-state index in [0.717, 1.165) is 11.2 Å². The Morgan fingerprint density at radius 1 is 1.04 bits per heavy atom. The molecule has 4 aromatic rings. The molecule has 0 atom stereocenters. The van der Waals surface area contributed by atoms with Crippen molar-refractivity contribution >= 4 is 22.6 Å². The largest absolute Gasteiger partial charge is 0.326 e. The van der Waals surface area contributed by atoms with Gasteiger partial charge in [-0.15, -0.1) is 0 Å². The summed E-state index contributed by atoms with van der Waals surface area (Å²) in [5.74, 6) is -0.198. The van der Waals surface area contributed by atoms with Crippen LogP contribution in [0.3, 0.4) is 0 Å². The number of nitrogens with zero attached hydrogens (tertiary/aromatic N) is 2. The highest BCUT2D eigenvalue weighted by Gasteiger charge is 2.09. The van der Waals surface area contributed by atoms with E-state index in [1.807, 2.05) is 41.2 Å². The number of aryl methyl sites for hydroxylation is 1. The first-order chi connectivity index (χ1) is 12.1. The molecule has 0 saturated carbocycles. The number of anilines is 1. The minimum absolute atomic E-state index is 0.181. The predicted molar refractivity (Wildman–Crippen MR) is 97.3 cm³/mol. The summed E-state index contributed by atoms with van der Waals surface area (Å²) in [6, 6.07) is 16.6. The summed E-state index contributed by atoms with van der Waals surface area (Å²) < 4.78 is 3.50. The van der Waals surface area contributed by atoms with Crippen molar-refractivity contribution in [1.29, 1.82) is 0 Å². The number of carbonyl (C=O) groups excluding carboxylic acids is 1. The standard InChI is InChI=1S/C19H16N4O2/c1-22-17-9-6-14(12-16(17)21-19(22)25)20-18(24)13-4-7-15(8-5-13)23-10-2-3-11-23/h2-12H,1H3,(H,20,24)(H,21,25). The van der Waals surface area contributed by atoms with E-state index in [2.05, 4.69) is 10.3 Å². The molecule has 0 saturated heterocycles. The molecule has 2 N–H and O–H groups in total. The van der Waals surface area contributed by atoms with Crippen molar-refractivity contribution in [3.8, 4) is 5.69 Å². The van der Waals surface area contributed by atoms with Gasteiger partial charge in [0.15, 0.2) is 0 Å². The van der Waals surface area contributed by atoms with Crippen LogP contribution in [0.4, 0.5) is 5.69 Å². The van der Waals surface area contributed by atoms with Crippen molar-refractivity contribution in [1.82, 2.24) is 14.1 Å². The van der Waals surface area contributed by atoms with Gasteiger partial charge in [-0.2, -0.15) is 0 Å². The molecule has 0 aliphatic carbocycles. The lowest BCUT2D eigenvalue weighted by Gasteiger charge is -2.07. The molecule has 0 unspecified atom stereocenters. The predicted octanol–water partition coefficient (Wildman–Crippen LogP) is 2.91. The van der Waals surface area contributed by atoms with Crippen molar-refractivity contribution in [3.63, 3.8) is 0 Å². The van der Waals surface area contributed by atoms with E-state index in [1.54, 1.807) is 37.4 Å². The number of rotatable bonds is 3. The van der Waals surface area contributed by atoms with Gasteiger partial charge in [-0.1, -0.05) is 0 Å². The van der Waals surface area contributed by atoms with E-state index in [9.17, 15) is 9.59 Å². The SMILES string of the molecule is Cn1c(=O)[nH]c2cc(NC(=O)c3ccc(-n4cccc4)cc3)ccc21. The number of aromatic amines is 1. The summed E-state index contributed by atoms with van der Waals surface area (Å²) >= 11 is 0. The first-order valence-corrected chi connectivity index (χ1v) is 7.85. The van der Waals surface area contributed by atoms with Crippen molar-refractivity contribution < 1.29 is 4.79 Å². The monoisotopic (exact) mass is 332 g/mol. The zero-order valence-electron chi connectivity index (χ0n) is 13.6. The van der Waals surface area contributed by atoms with Gasteiger partial charge < -0.3 is 14.9 Å². The number of nitrogens with one attached hydrogen (secondary N) is 2. The number of aromatic nitrogens is 3. The molecule has 0 bridgehead atoms. The van der Waals surface area contributed by atoms with E-state index in [0.29, 0.717) is 16.8 Å². The molecule has 6 nitrogen and oxygen atoms in total. The maximum Gasteiger partial charge on any atom is 0.326 e. The van der Waals surface area contributed by atoms with Crippen LogP contribution in [0.2, 0.25) is 0 Å². The first kappa shape index (κ1) is 15.0. The molecule has 2 aromatic carbocycles. The molecule has 0 fully saturated rings. The number of hydrogen-bond donors (Lipinski definition) is 2. The van der Waals surface area contributed by atoms with Gasteiger partial charge in [-0.3, -0.25) is 9.36 Å². The van der Waals surface area contributed by atoms with Crippen LogP contribution in [-0.4, -0.2) is 20.0 Å². The lowest BCUT2D eigenvalue weighted by molar-refractivity contribution is 0.102. The van der Waals surface area contributed by atoms with Gasteiger partial charge in [-0.25, -0.2) is 4.79 Å². The van der Waals surface area contributed by atoms with Crippen LogP contribution < -0.4 is 11.0 Å². The summed E-state index contributed by atoms with van der Waals surface area (Å²) in [5.41, 5.74) is 3.49. The van der Waals surface area contributed by atoms with E-state index >= 15 is 0 Å². The third-order valence-corrected chi connectivity index (χ3v) is 4.19. The van der Waals surface area contributed by atoms with E-state index < -0.39 is 0 Å². The Bertz CT molecular complexity index is 1100. The number of carbonyl (C=O) groups is 1. The normalized spacial score (nSPS) is 10.9. The van der Waals surface area contributed by atoms with Crippen LogP contribution in [0.25, 0.3) is 16.7 Å². The molecule has 0 spiro atoms. The van der Waals surface area contributed by atoms with Crippen molar-refractivity contribution in [2.45, 2.75) is 0 Å². The average Bonchev–Trinajstić information content (AvgIpc) is 3.24. The molecule has 6 heteroatoms. The Balaban J connectivity index is 1.56. The van der Waals surface area contributed by atoms with E-state index in [4.69, 9.17) is 0 Å². The van der Waals surface area contributed by atoms with Crippen molar-refractivity contribution in [2.24, 2.45) is 7.05 Å². The number of fused-ring (bicyclic) bond motifs is 1. The Morgan fingerprint density at radius 3 is 2.48 bits per heavy atom. The Hall–Kier alpha value is -3.54. The van der Waals surface area contributed by atoms with Gasteiger partial charge in [0.05, 0.1) is 11.0 Å². The van der Waals surface area contributed by atoms with Crippen molar-refractivity contribution in [2.75, 3.05) is 5.32 Å². The minimum Gasteiger partial charge on any atom is -0.324 e. The minimum atomic E-state index is -0.198. The lowest BCUT2D eigenvalue weighted by atomic mass is 10.2. The quantitative estimate of drug-likeness (QED) is 0.605. The molecule has 4 rings (SSSR count). The highest BCUT2D eigenvalue weighted by molar-refractivity contribution is 6.05. The highest BCUT2D eigenvalue weighted by Crippen LogP contribution is 2.17. The molecule has 2 aromatic heterocycles. The third kappa shape index (κ3) is 2.74. The second-order valence-corrected chi connectivity index (χ2v) is 5.81. The number of benzene rings is 2. The number of imidazole rings is 1. The maximum absolute atomic E-state index is 12.4. The van der Waals surface area contributed by atoms with Crippen LogP contribution in [0, 0.1) is 0 Å². The molecular formula is C19H16N4O2. The smallest absolute Gasteiger partial charge is 0.324 e. The lowest BCUT2D eigenvalue weighted by Crippen LogP contribution is -2.12. The summed E-state index contributed by atoms with van der Waals surface area (Å²) in [5, 5.41) is 2.86. The van der Waals surface area contributed by atoms with Crippen LogP contribution in [0.5, 0.6) is 0 Å². The fourth-order valence-corrected chi connectivity index (χ4v) is 2.81. The Kier molecular flexibility index (Phi) is 3.50. The second-order valence-electron chi connectivity index (χ2n) is 5.81. The second kappa shape index (κ2) is 5.83. The van der Waals surface area contributed by atoms with E-state index in [1.165, 1.54) is 4.57 Å².